The van der Waals surface area contributed by atoms with Gasteiger partial charge in [0.15, 0.2) is 18.1 Å². The zero-order chi connectivity index (χ0) is 27.3. The molecule has 3 N–H and O–H groups in total. The number of aliphatic imine (C=N–C) groups is 1. The van der Waals surface area contributed by atoms with Crippen molar-refractivity contribution in [2.45, 2.75) is 6.18 Å². The summed E-state index contributed by atoms with van der Waals surface area (Å²) in [5.74, 6) is -2.86. The zero-order valence-corrected chi connectivity index (χ0v) is 19.7. The molecular weight excluding hydrogens is 507 g/mol. The number of esters is 1. The summed E-state index contributed by atoms with van der Waals surface area (Å²) in [6.07, 6.45) is -0.528. The van der Waals surface area contributed by atoms with Gasteiger partial charge in [-0.05, 0) is 12.1 Å². The fraction of sp³-hybridized carbons (Fsp3) is 0.200. The number of halogens is 3. The number of hydrogen-bond acceptors (Lipinski definition) is 7. The first-order valence-corrected chi connectivity index (χ1v) is 11.3. The van der Waals surface area contributed by atoms with E-state index in [-0.39, 0.29) is 0 Å². The first-order valence-electron chi connectivity index (χ1n) is 11.3. The van der Waals surface area contributed by atoms with E-state index in [1.807, 2.05) is 53.4 Å². The number of aliphatic carboxylic acids is 1. The number of nitrogens with one attached hydrogen (secondary N) is 2. The first-order chi connectivity index (χ1) is 18.1. The van der Waals surface area contributed by atoms with Gasteiger partial charge in [0.25, 0.3) is 0 Å². The number of carbonyl (C=O) groups excluding carboxylic acids is 1. The van der Waals surface area contributed by atoms with Crippen molar-refractivity contribution in [2.24, 2.45) is 4.99 Å². The van der Waals surface area contributed by atoms with Crippen LogP contribution < -0.4 is 5.32 Å². The smallest absolute Gasteiger partial charge is 0.475 e. The molecule has 2 aliphatic heterocycles. The molecule has 0 aliphatic carbocycles. The molecule has 10 nitrogen and oxygen atoms in total. The van der Waals surface area contributed by atoms with Crippen molar-refractivity contribution in [1.82, 2.24) is 9.80 Å². The third kappa shape index (κ3) is 5.94. The SMILES string of the molecule is N=C(Nc1ccccc1)N1CCN(C(=C2N=COC2=O)c2cccc3cocc23)CC1.O=C(O)C(F)(F)F. The molecule has 2 aliphatic rings. The van der Waals surface area contributed by atoms with Crippen LogP contribution in [0.4, 0.5) is 18.9 Å². The highest BCUT2D eigenvalue weighted by molar-refractivity contribution is 6.06. The summed E-state index contributed by atoms with van der Waals surface area (Å²) in [7, 11) is 0. The average Bonchev–Trinajstić information content (AvgIpc) is 3.55. The monoisotopic (exact) mass is 529 g/mol. The predicted octanol–water partition coefficient (Wildman–Crippen LogP) is 3.98. The summed E-state index contributed by atoms with van der Waals surface area (Å²) in [6, 6.07) is 15.5. The Kier molecular flexibility index (Phi) is 7.65. The van der Waals surface area contributed by atoms with Crippen LogP contribution in [0.1, 0.15) is 5.56 Å². The number of piperazine rings is 1. The van der Waals surface area contributed by atoms with E-state index in [0.717, 1.165) is 27.7 Å². The van der Waals surface area contributed by atoms with E-state index in [2.05, 4.69) is 15.2 Å². The number of alkyl halides is 3. The molecule has 1 saturated heterocycles. The number of carboxylic acids is 1. The van der Waals surface area contributed by atoms with Crippen LogP contribution in [0.25, 0.3) is 16.5 Å². The van der Waals surface area contributed by atoms with Crippen LogP contribution in [0, 0.1) is 5.41 Å². The number of rotatable bonds is 3. The van der Waals surface area contributed by atoms with Crippen molar-refractivity contribution in [3.63, 3.8) is 0 Å². The molecule has 0 saturated carbocycles. The first kappa shape index (κ1) is 26.3. The molecule has 0 radical (unpaired) electrons. The highest BCUT2D eigenvalue weighted by atomic mass is 19.4. The Labute approximate surface area is 214 Å². The highest BCUT2D eigenvalue weighted by Crippen LogP contribution is 2.33. The van der Waals surface area contributed by atoms with Gasteiger partial charge in [-0.25, -0.2) is 14.6 Å². The van der Waals surface area contributed by atoms with E-state index < -0.39 is 18.1 Å². The second kappa shape index (κ2) is 11.1. The summed E-state index contributed by atoms with van der Waals surface area (Å²) in [5.41, 5.74) is 2.78. The lowest BCUT2D eigenvalue weighted by molar-refractivity contribution is -0.192. The van der Waals surface area contributed by atoms with Crippen molar-refractivity contribution >= 4 is 46.5 Å². The number of cyclic esters (lactones) is 1. The van der Waals surface area contributed by atoms with Gasteiger partial charge in [-0.15, -0.1) is 0 Å². The third-order valence-corrected chi connectivity index (χ3v) is 5.73. The number of nitrogens with zero attached hydrogens (tertiary/aromatic N) is 3. The standard InChI is InChI=1S/C23H21N5O3.C2HF3O2/c24-23(26-17-6-2-1-3-7-17)28-11-9-27(10-12-28)21(20-22(29)31-15-25-20)18-8-4-5-16-13-30-14-19(16)18;3-2(4,5)1(6)7/h1-8,13-15H,9-12H2,(H2,24,26);(H,6,7). The number of benzene rings is 2. The van der Waals surface area contributed by atoms with Crippen LogP contribution >= 0.6 is 0 Å². The normalized spacial score (nSPS) is 16.6. The number of para-hydroxylation sites is 1. The van der Waals surface area contributed by atoms with Gasteiger partial charge in [0.2, 0.25) is 0 Å². The molecule has 3 aromatic rings. The van der Waals surface area contributed by atoms with Gasteiger partial charge in [-0.3, -0.25) is 5.41 Å². The van der Waals surface area contributed by atoms with E-state index in [9.17, 15) is 18.0 Å². The van der Waals surface area contributed by atoms with E-state index in [1.165, 1.54) is 6.40 Å². The van der Waals surface area contributed by atoms with Gasteiger partial charge in [0.05, 0.1) is 18.2 Å². The lowest BCUT2D eigenvalue weighted by Crippen LogP contribution is -2.49. The minimum Gasteiger partial charge on any atom is -0.475 e. The summed E-state index contributed by atoms with van der Waals surface area (Å²) in [4.78, 5) is 29.6. The molecule has 38 heavy (non-hydrogen) atoms. The molecule has 198 valence electrons. The Hall–Kier alpha value is -4.81. The van der Waals surface area contributed by atoms with Gasteiger partial charge in [0.1, 0.15) is 0 Å². The van der Waals surface area contributed by atoms with Gasteiger partial charge in [-0.1, -0.05) is 36.4 Å². The van der Waals surface area contributed by atoms with Crippen LogP contribution in [0.2, 0.25) is 0 Å². The van der Waals surface area contributed by atoms with E-state index >= 15 is 0 Å². The number of ether oxygens (including phenoxy) is 1. The Balaban J connectivity index is 0.000000426. The van der Waals surface area contributed by atoms with Gasteiger partial charge < -0.3 is 29.4 Å². The van der Waals surface area contributed by atoms with Crippen molar-refractivity contribution in [3.05, 3.63) is 72.3 Å². The molecule has 13 heteroatoms. The average molecular weight is 529 g/mol. The van der Waals surface area contributed by atoms with Crippen molar-refractivity contribution < 1.29 is 37.0 Å². The second-order valence-electron chi connectivity index (χ2n) is 8.13. The second-order valence-corrected chi connectivity index (χ2v) is 8.13. The van der Waals surface area contributed by atoms with E-state index in [4.69, 9.17) is 24.5 Å². The molecule has 0 bridgehead atoms. The van der Waals surface area contributed by atoms with E-state index in [0.29, 0.717) is 37.8 Å². The lowest BCUT2D eigenvalue weighted by atomic mass is 10.0. The molecule has 0 amide bonds. The molecule has 3 heterocycles. The molecule has 2 aromatic carbocycles. The maximum atomic E-state index is 12.4. The van der Waals surface area contributed by atoms with Gasteiger partial charge in [-0.2, -0.15) is 13.2 Å². The molecular formula is C25H22F3N5O5. The van der Waals surface area contributed by atoms with Crippen molar-refractivity contribution in [3.8, 4) is 0 Å². The number of anilines is 1. The number of hydrogen-bond donors (Lipinski definition) is 3. The highest BCUT2D eigenvalue weighted by Gasteiger charge is 2.38. The minimum atomic E-state index is -5.08. The molecule has 1 aromatic heterocycles. The Bertz CT molecular complexity index is 1390. The third-order valence-electron chi connectivity index (χ3n) is 5.73. The summed E-state index contributed by atoms with van der Waals surface area (Å²) < 4.78 is 42.1. The number of fused-ring (bicyclic) bond motifs is 1. The van der Waals surface area contributed by atoms with Gasteiger partial charge >= 0.3 is 18.1 Å². The number of carbonyl (C=O) groups is 2. The number of carboxylic acid groups (broad SMARTS) is 1. The lowest BCUT2D eigenvalue weighted by Gasteiger charge is -2.38. The van der Waals surface area contributed by atoms with Crippen LogP contribution in [-0.2, 0) is 14.3 Å². The van der Waals surface area contributed by atoms with Crippen molar-refractivity contribution in [2.75, 3.05) is 31.5 Å². The zero-order valence-electron chi connectivity index (χ0n) is 19.7. The fourth-order valence-corrected chi connectivity index (χ4v) is 3.93. The Morgan fingerprint density at radius 1 is 1.00 bits per heavy atom. The van der Waals surface area contributed by atoms with Crippen LogP contribution in [0.5, 0.6) is 0 Å². The Morgan fingerprint density at radius 3 is 2.26 bits per heavy atom. The van der Waals surface area contributed by atoms with E-state index in [1.54, 1.807) is 12.5 Å². The van der Waals surface area contributed by atoms with Crippen LogP contribution in [0.3, 0.4) is 0 Å². The van der Waals surface area contributed by atoms with Crippen molar-refractivity contribution in [1.29, 1.82) is 5.41 Å². The summed E-state index contributed by atoms with van der Waals surface area (Å²) in [5, 5.41) is 20.6. The molecule has 1 fully saturated rings. The Morgan fingerprint density at radius 2 is 1.66 bits per heavy atom. The number of furan rings is 1. The van der Waals surface area contributed by atoms with Crippen LogP contribution in [0.15, 0.2) is 76.2 Å². The maximum Gasteiger partial charge on any atom is 0.490 e. The number of guanidine groups is 1. The minimum absolute atomic E-state index is 0.291. The largest absolute Gasteiger partial charge is 0.490 e. The quantitative estimate of drug-likeness (QED) is 0.201. The summed E-state index contributed by atoms with van der Waals surface area (Å²) >= 11 is 0. The molecule has 5 rings (SSSR count). The predicted molar refractivity (Wildman–Crippen MR) is 132 cm³/mol. The van der Waals surface area contributed by atoms with Gasteiger partial charge in [0, 0.05) is 48.2 Å². The topological polar surface area (TPSA) is 131 Å². The molecule has 0 unspecified atom stereocenters. The van der Waals surface area contributed by atoms with Crippen LogP contribution in [-0.4, -0.2) is 71.6 Å². The molecule has 0 spiro atoms. The summed E-state index contributed by atoms with van der Waals surface area (Å²) in [6.45, 7) is 2.54. The fourth-order valence-electron chi connectivity index (χ4n) is 3.93. The maximum absolute atomic E-state index is 12.4. The molecule has 0 atom stereocenters.